The molecular weight excluding hydrogens is 420 g/mol. The lowest BCUT2D eigenvalue weighted by atomic mass is 10.1. The van der Waals surface area contributed by atoms with Crippen LogP contribution in [0.15, 0.2) is 57.9 Å². The highest BCUT2D eigenvalue weighted by Gasteiger charge is 2.17. The number of sulfonamides is 1. The lowest BCUT2D eigenvalue weighted by Crippen LogP contribution is -2.22. The molecular formula is C18H19BrN2O4S. The zero-order valence-corrected chi connectivity index (χ0v) is 16.8. The first-order valence-corrected chi connectivity index (χ1v) is 10.0. The Morgan fingerprint density at radius 2 is 1.69 bits per heavy atom. The summed E-state index contributed by atoms with van der Waals surface area (Å²) in [5.41, 5.74) is 0.911. The van der Waals surface area contributed by atoms with Gasteiger partial charge in [0.1, 0.15) is 0 Å². The topological polar surface area (TPSA) is 83.6 Å². The molecule has 2 aromatic carbocycles. The maximum absolute atomic E-state index is 12.1. The first-order chi connectivity index (χ1) is 12.2. The van der Waals surface area contributed by atoms with Crippen molar-refractivity contribution in [3.63, 3.8) is 0 Å². The maximum atomic E-state index is 12.1. The highest BCUT2D eigenvalue weighted by atomic mass is 79.9. The minimum absolute atomic E-state index is 0.0134. The van der Waals surface area contributed by atoms with Crippen molar-refractivity contribution in [3.05, 3.63) is 58.6 Å². The minimum atomic E-state index is -3.58. The SMILES string of the molecule is CN(C)S(=O)(=O)c1cccc(NC(=O)CCC(=O)c2ccc(Br)cc2)c1. The Hall–Kier alpha value is -2.03. The number of rotatable bonds is 7. The first kappa shape index (κ1) is 20.3. The molecule has 0 aliphatic heterocycles. The van der Waals surface area contributed by atoms with Gasteiger partial charge in [-0.2, -0.15) is 0 Å². The molecule has 0 saturated carbocycles. The van der Waals surface area contributed by atoms with Crippen LogP contribution in [0.25, 0.3) is 0 Å². The number of hydrogen-bond donors (Lipinski definition) is 1. The van der Waals surface area contributed by atoms with E-state index in [4.69, 9.17) is 0 Å². The number of anilines is 1. The molecule has 0 unspecified atom stereocenters. The highest BCUT2D eigenvalue weighted by Crippen LogP contribution is 2.18. The van der Waals surface area contributed by atoms with E-state index >= 15 is 0 Å². The maximum Gasteiger partial charge on any atom is 0.242 e. The summed E-state index contributed by atoms with van der Waals surface area (Å²) >= 11 is 3.30. The number of nitrogens with one attached hydrogen (secondary N) is 1. The van der Waals surface area contributed by atoms with Gasteiger partial charge in [-0.15, -0.1) is 0 Å². The summed E-state index contributed by atoms with van der Waals surface area (Å²) in [6.07, 6.45) is 0.0860. The van der Waals surface area contributed by atoms with Gasteiger partial charge >= 0.3 is 0 Å². The third-order valence-electron chi connectivity index (χ3n) is 3.64. The average Bonchev–Trinajstić information content (AvgIpc) is 2.60. The standard InChI is InChI=1S/C18H19BrN2O4S/c1-21(2)26(24,25)16-5-3-4-15(12-16)20-18(23)11-10-17(22)13-6-8-14(19)9-7-13/h3-9,12H,10-11H2,1-2H3,(H,20,23). The van der Waals surface area contributed by atoms with Crippen molar-refractivity contribution >= 4 is 43.3 Å². The Morgan fingerprint density at radius 1 is 1.04 bits per heavy atom. The second-order valence-electron chi connectivity index (χ2n) is 5.79. The van der Waals surface area contributed by atoms with Crippen LogP contribution in [-0.4, -0.2) is 38.5 Å². The van der Waals surface area contributed by atoms with Gasteiger partial charge < -0.3 is 5.32 Å². The molecule has 0 radical (unpaired) electrons. The highest BCUT2D eigenvalue weighted by molar-refractivity contribution is 9.10. The molecule has 0 saturated heterocycles. The second-order valence-corrected chi connectivity index (χ2v) is 8.86. The Balaban J connectivity index is 1.98. The molecule has 1 amide bonds. The molecule has 0 bridgehead atoms. The zero-order chi connectivity index (χ0) is 19.3. The Labute approximate surface area is 161 Å². The molecule has 2 rings (SSSR count). The first-order valence-electron chi connectivity index (χ1n) is 7.81. The summed E-state index contributed by atoms with van der Waals surface area (Å²) in [4.78, 5) is 24.2. The van der Waals surface area contributed by atoms with Crippen molar-refractivity contribution in [2.45, 2.75) is 17.7 Å². The number of hydrogen-bond acceptors (Lipinski definition) is 4. The molecule has 0 spiro atoms. The van der Waals surface area contributed by atoms with Crippen molar-refractivity contribution in [1.29, 1.82) is 0 Å². The number of nitrogens with zero attached hydrogens (tertiary/aromatic N) is 1. The monoisotopic (exact) mass is 438 g/mol. The Kier molecular flexibility index (Phi) is 6.69. The smallest absolute Gasteiger partial charge is 0.242 e. The van der Waals surface area contributed by atoms with Crippen molar-refractivity contribution in [1.82, 2.24) is 4.31 Å². The van der Waals surface area contributed by atoms with Crippen molar-refractivity contribution in [2.24, 2.45) is 0 Å². The number of ketones is 1. The summed E-state index contributed by atoms with van der Waals surface area (Å²) in [5.74, 6) is -0.480. The fourth-order valence-corrected chi connectivity index (χ4v) is 3.39. The molecule has 0 fully saturated rings. The summed E-state index contributed by atoms with van der Waals surface area (Å²) in [7, 11) is -0.699. The van der Waals surface area contributed by atoms with Gasteiger partial charge in [0.2, 0.25) is 15.9 Å². The summed E-state index contributed by atoms with van der Waals surface area (Å²) in [6, 6.07) is 12.9. The van der Waals surface area contributed by atoms with E-state index in [1.165, 1.54) is 26.2 Å². The Bertz CT molecular complexity index is 909. The zero-order valence-electron chi connectivity index (χ0n) is 14.4. The van der Waals surface area contributed by atoms with E-state index in [-0.39, 0.29) is 29.4 Å². The number of Topliss-reactive ketones (excluding diaryl/α,β-unsaturated/α-hetero) is 1. The van der Waals surface area contributed by atoms with Crippen LogP contribution in [0.5, 0.6) is 0 Å². The molecule has 2 aromatic rings. The van der Waals surface area contributed by atoms with Gasteiger partial charge in [0, 0.05) is 42.7 Å². The van der Waals surface area contributed by atoms with Gasteiger partial charge in [-0.3, -0.25) is 9.59 Å². The normalized spacial score (nSPS) is 11.4. The number of amides is 1. The van der Waals surface area contributed by atoms with Crippen molar-refractivity contribution < 1.29 is 18.0 Å². The summed E-state index contributed by atoms with van der Waals surface area (Å²) in [5, 5.41) is 2.63. The molecule has 6 nitrogen and oxygen atoms in total. The van der Waals surface area contributed by atoms with Crippen LogP contribution in [0.1, 0.15) is 23.2 Å². The fourth-order valence-electron chi connectivity index (χ4n) is 2.18. The number of benzene rings is 2. The van der Waals surface area contributed by atoms with E-state index in [0.717, 1.165) is 8.78 Å². The molecule has 0 atom stereocenters. The van der Waals surface area contributed by atoms with E-state index in [9.17, 15) is 18.0 Å². The minimum Gasteiger partial charge on any atom is -0.326 e. The molecule has 1 N–H and O–H groups in total. The van der Waals surface area contributed by atoms with Crippen molar-refractivity contribution in [2.75, 3.05) is 19.4 Å². The van der Waals surface area contributed by atoms with Gasteiger partial charge in [0.05, 0.1) is 4.90 Å². The van der Waals surface area contributed by atoms with Crippen LogP contribution in [0.3, 0.4) is 0 Å². The number of halogens is 1. The van der Waals surface area contributed by atoms with Crippen LogP contribution in [0, 0.1) is 0 Å². The molecule has 0 aliphatic carbocycles. The van der Waals surface area contributed by atoms with Gasteiger partial charge in [-0.1, -0.05) is 34.1 Å². The number of carbonyl (C=O) groups excluding carboxylic acids is 2. The predicted molar refractivity (Wildman–Crippen MR) is 104 cm³/mol. The quantitative estimate of drug-likeness (QED) is 0.672. The third kappa shape index (κ3) is 5.23. The lowest BCUT2D eigenvalue weighted by molar-refractivity contribution is -0.116. The predicted octanol–water partition coefficient (Wildman–Crippen LogP) is 3.30. The Morgan fingerprint density at radius 3 is 2.31 bits per heavy atom. The molecule has 26 heavy (non-hydrogen) atoms. The van der Waals surface area contributed by atoms with E-state index in [1.807, 2.05) is 0 Å². The summed E-state index contributed by atoms with van der Waals surface area (Å²) in [6.45, 7) is 0. The van der Waals surface area contributed by atoms with Crippen LogP contribution in [0.2, 0.25) is 0 Å². The third-order valence-corrected chi connectivity index (χ3v) is 5.98. The molecule has 8 heteroatoms. The van der Waals surface area contributed by atoms with Crippen LogP contribution >= 0.6 is 15.9 Å². The molecule has 0 heterocycles. The van der Waals surface area contributed by atoms with Crippen LogP contribution < -0.4 is 5.32 Å². The summed E-state index contributed by atoms with van der Waals surface area (Å²) < 4.78 is 26.2. The van der Waals surface area contributed by atoms with E-state index < -0.39 is 10.0 Å². The van der Waals surface area contributed by atoms with Crippen LogP contribution in [-0.2, 0) is 14.8 Å². The van der Waals surface area contributed by atoms with E-state index in [0.29, 0.717) is 11.3 Å². The van der Waals surface area contributed by atoms with E-state index in [2.05, 4.69) is 21.2 Å². The second kappa shape index (κ2) is 8.57. The largest absolute Gasteiger partial charge is 0.326 e. The van der Waals surface area contributed by atoms with Gasteiger partial charge in [-0.05, 0) is 30.3 Å². The van der Waals surface area contributed by atoms with E-state index in [1.54, 1.807) is 36.4 Å². The molecule has 138 valence electrons. The van der Waals surface area contributed by atoms with Crippen molar-refractivity contribution in [3.8, 4) is 0 Å². The lowest BCUT2D eigenvalue weighted by Gasteiger charge is -2.12. The van der Waals surface area contributed by atoms with Crippen LogP contribution in [0.4, 0.5) is 5.69 Å². The van der Waals surface area contributed by atoms with Gasteiger partial charge in [0.25, 0.3) is 0 Å². The average molecular weight is 439 g/mol. The fraction of sp³-hybridized carbons (Fsp3) is 0.222. The molecule has 0 aromatic heterocycles. The van der Waals surface area contributed by atoms with Gasteiger partial charge in [-0.25, -0.2) is 12.7 Å². The van der Waals surface area contributed by atoms with Gasteiger partial charge in [0.15, 0.2) is 5.78 Å². The number of carbonyl (C=O) groups is 2. The molecule has 0 aliphatic rings.